The highest BCUT2D eigenvalue weighted by Crippen LogP contribution is 2.21. The van der Waals surface area contributed by atoms with Gasteiger partial charge in [-0.15, -0.1) is 0 Å². The number of pyridine rings is 2. The predicted octanol–water partition coefficient (Wildman–Crippen LogP) is 4.32. The highest BCUT2D eigenvalue weighted by Gasteiger charge is 2.13. The van der Waals surface area contributed by atoms with Gasteiger partial charge < -0.3 is 15.0 Å². The van der Waals surface area contributed by atoms with Crippen molar-refractivity contribution in [1.82, 2.24) is 14.9 Å². The molecule has 1 N–H and O–H groups in total. The number of rotatable bonds is 8. The molecule has 0 atom stereocenters. The van der Waals surface area contributed by atoms with Crippen molar-refractivity contribution in [1.29, 1.82) is 0 Å². The van der Waals surface area contributed by atoms with E-state index in [0.717, 1.165) is 29.1 Å². The van der Waals surface area contributed by atoms with Crippen molar-refractivity contribution >= 4 is 17.3 Å². The maximum Gasteiger partial charge on any atom is 0.272 e. The molecule has 1 amide bonds. The Labute approximate surface area is 171 Å². The number of nitrogens with one attached hydrogen (secondary N) is 1. The Bertz CT molecular complexity index is 927. The van der Waals surface area contributed by atoms with Gasteiger partial charge in [-0.1, -0.05) is 0 Å². The van der Waals surface area contributed by atoms with Gasteiger partial charge in [-0.05, 0) is 74.4 Å². The number of carbonyl (C=O) groups excluding carboxylic acids is 1. The van der Waals surface area contributed by atoms with Gasteiger partial charge in [-0.2, -0.15) is 0 Å². The van der Waals surface area contributed by atoms with Crippen molar-refractivity contribution in [2.24, 2.45) is 0 Å². The molecule has 0 saturated carbocycles. The van der Waals surface area contributed by atoms with Gasteiger partial charge in [0.25, 0.3) is 5.91 Å². The van der Waals surface area contributed by atoms with Crippen LogP contribution in [0.2, 0.25) is 0 Å². The van der Waals surface area contributed by atoms with Crippen LogP contribution in [-0.2, 0) is 6.42 Å². The van der Waals surface area contributed by atoms with Crippen LogP contribution in [0.3, 0.4) is 0 Å². The first-order valence-electron chi connectivity index (χ1n) is 9.65. The van der Waals surface area contributed by atoms with Crippen LogP contribution in [0, 0.1) is 0 Å². The Morgan fingerprint density at radius 1 is 1.03 bits per heavy atom. The molecule has 0 saturated heterocycles. The molecular weight excluding hydrogens is 364 g/mol. The summed E-state index contributed by atoms with van der Waals surface area (Å²) in [6.45, 7) is 4.60. The van der Waals surface area contributed by atoms with E-state index in [1.165, 1.54) is 0 Å². The molecule has 2 aromatic heterocycles. The molecule has 6 heteroatoms. The number of benzene rings is 1. The average molecular weight is 390 g/mol. The normalized spacial score (nSPS) is 10.6. The van der Waals surface area contributed by atoms with Gasteiger partial charge in [0.1, 0.15) is 11.4 Å². The van der Waals surface area contributed by atoms with Crippen molar-refractivity contribution < 1.29 is 9.53 Å². The highest BCUT2D eigenvalue weighted by molar-refractivity contribution is 5.93. The summed E-state index contributed by atoms with van der Waals surface area (Å²) in [7, 11) is 1.79. The van der Waals surface area contributed by atoms with Crippen LogP contribution in [0.25, 0.3) is 0 Å². The SMILES string of the molecule is CC(C)Oc1ccc(Nc2ccnc(C(=O)N(C)CCc3ccncc3)c2)cc1. The molecule has 150 valence electrons. The zero-order valence-corrected chi connectivity index (χ0v) is 17.0. The van der Waals surface area contributed by atoms with Crippen LogP contribution in [0.15, 0.2) is 67.1 Å². The van der Waals surface area contributed by atoms with Crippen molar-refractivity contribution in [3.8, 4) is 5.75 Å². The molecule has 0 bridgehead atoms. The summed E-state index contributed by atoms with van der Waals surface area (Å²) in [6, 6.07) is 15.2. The van der Waals surface area contributed by atoms with E-state index in [2.05, 4.69) is 15.3 Å². The summed E-state index contributed by atoms with van der Waals surface area (Å²) in [5, 5.41) is 3.30. The first-order chi connectivity index (χ1) is 14.0. The number of nitrogens with zero attached hydrogens (tertiary/aromatic N) is 3. The van der Waals surface area contributed by atoms with E-state index in [1.807, 2.05) is 56.3 Å². The second kappa shape index (κ2) is 9.68. The maximum atomic E-state index is 12.7. The number of ether oxygens (including phenoxy) is 1. The number of hydrogen-bond acceptors (Lipinski definition) is 5. The third-order valence-corrected chi connectivity index (χ3v) is 4.33. The fourth-order valence-corrected chi connectivity index (χ4v) is 2.82. The quantitative estimate of drug-likeness (QED) is 0.620. The number of carbonyl (C=O) groups is 1. The zero-order chi connectivity index (χ0) is 20.6. The van der Waals surface area contributed by atoms with Gasteiger partial charge in [0.15, 0.2) is 0 Å². The number of amides is 1. The van der Waals surface area contributed by atoms with Crippen LogP contribution in [0.4, 0.5) is 11.4 Å². The van der Waals surface area contributed by atoms with Crippen molar-refractivity contribution in [3.63, 3.8) is 0 Å². The minimum atomic E-state index is -0.108. The second-order valence-corrected chi connectivity index (χ2v) is 7.08. The monoisotopic (exact) mass is 390 g/mol. The molecule has 0 spiro atoms. The Balaban J connectivity index is 1.61. The molecule has 3 rings (SSSR count). The molecule has 2 heterocycles. The number of aromatic nitrogens is 2. The maximum absolute atomic E-state index is 12.7. The molecule has 3 aromatic rings. The Hall–Kier alpha value is -3.41. The molecule has 0 unspecified atom stereocenters. The van der Waals surface area contributed by atoms with Crippen molar-refractivity contribution in [3.05, 3.63) is 78.4 Å². The van der Waals surface area contributed by atoms with Crippen LogP contribution in [0.5, 0.6) is 5.75 Å². The molecule has 0 aliphatic carbocycles. The number of hydrogen-bond donors (Lipinski definition) is 1. The first kappa shape index (κ1) is 20.3. The summed E-state index contributed by atoms with van der Waals surface area (Å²) in [6.07, 6.45) is 6.07. The Morgan fingerprint density at radius 2 is 1.76 bits per heavy atom. The van der Waals surface area contributed by atoms with Crippen LogP contribution < -0.4 is 10.1 Å². The zero-order valence-electron chi connectivity index (χ0n) is 17.0. The smallest absolute Gasteiger partial charge is 0.272 e. The van der Waals surface area contributed by atoms with Gasteiger partial charge >= 0.3 is 0 Å². The lowest BCUT2D eigenvalue weighted by Gasteiger charge is -2.17. The molecule has 0 aliphatic rings. The van der Waals surface area contributed by atoms with Crippen LogP contribution in [0.1, 0.15) is 29.9 Å². The molecule has 29 heavy (non-hydrogen) atoms. The van der Waals surface area contributed by atoms with E-state index in [0.29, 0.717) is 12.2 Å². The summed E-state index contributed by atoms with van der Waals surface area (Å²) in [5.74, 6) is 0.718. The van der Waals surface area contributed by atoms with E-state index in [4.69, 9.17) is 4.74 Å². The van der Waals surface area contributed by atoms with E-state index >= 15 is 0 Å². The van der Waals surface area contributed by atoms with Gasteiger partial charge in [0, 0.05) is 43.6 Å². The lowest BCUT2D eigenvalue weighted by Crippen LogP contribution is -2.29. The van der Waals surface area contributed by atoms with E-state index < -0.39 is 0 Å². The lowest BCUT2D eigenvalue weighted by atomic mass is 10.2. The van der Waals surface area contributed by atoms with Crippen LogP contribution in [-0.4, -0.2) is 40.5 Å². The van der Waals surface area contributed by atoms with E-state index in [1.54, 1.807) is 36.6 Å². The van der Waals surface area contributed by atoms with Gasteiger partial charge in [-0.25, -0.2) is 0 Å². The van der Waals surface area contributed by atoms with E-state index in [9.17, 15) is 4.79 Å². The molecule has 1 aromatic carbocycles. The minimum Gasteiger partial charge on any atom is -0.491 e. The fourth-order valence-electron chi connectivity index (χ4n) is 2.82. The minimum absolute atomic E-state index is 0.108. The molecule has 6 nitrogen and oxygen atoms in total. The Morgan fingerprint density at radius 3 is 2.45 bits per heavy atom. The predicted molar refractivity (Wildman–Crippen MR) is 115 cm³/mol. The highest BCUT2D eigenvalue weighted by atomic mass is 16.5. The molecule has 0 radical (unpaired) electrons. The summed E-state index contributed by atoms with van der Waals surface area (Å²) in [5.41, 5.74) is 3.28. The summed E-state index contributed by atoms with van der Waals surface area (Å²) >= 11 is 0. The van der Waals surface area contributed by atoms with Crippen molar-refractivity contribution in [2.45, 2.75) is 26.4 Å². The fraction of sp³-hybridized carbons (Fsp3) is 0.261. The third kappa shape index (κ3) is 6.04. The largest absolute Gasteiger partial charge is 0.491 e. The van der Waals surface area contributed by atoms with E-state index in [-0.39, 0.29) is 12.0 Å². The molecule has 0 aliphatic heterocycles. The summed E-state index contributed by atoms with van der Waals surface area (Å²) < 4.78 is 5.66. The van der Waals surface area contributed by atoms with Gasteiger partial charge in [0.05, 0.1) is 6.10 Å². The topological polar surface area (TPSA) is 67.3 Å². The van der Waals surface area contributed by atoms with Gasteiger partial charge in [-0.3, -0.25) is 14.8 Å². The van der Waals surface area contributed by atoms with Crippen molar-refractivity contribution in [2.75, 3.05) is 18.9 Å². The Kier molecular flexibility index (Phi) is 6.79. The summed E-state index contributed by atoms with van der Waals surface area (Å²) in [4.78, 5) is 22.7. The average Bonchev–Trinajstić information content (AvgIpc) is 2.73. The second-order valence-electron chi connectivity index (χ2n) is 7.08. The lowest BCUT2D eigenvalue weighted by molar-refractivity contribution is 0.0791. The van der Waals surface area contributed by atoms with Crippen LogP contribution >= 0.6 is 0 Å². The molecular formula is C23H26N4O2. The first-order valence-corrected chi connectivity index (χ1v) is 9.65. The number of anilines is 2. The molecule has 0 fully saturated rings. The standard InChI is InChI=1S/C23H26N4O2/c1-17(2)29-21-6-4-19(5-7-21)26-20-10-14-25-22(16-20)23(28)27(3)15-11-18-8-12-24-13-9-18/h4-10,12-14,16-17H,11,15H2,1-3H3,(H,25,26). The third-order valence-electron chi connectivity index (χ3n) is 4.33. The number of likely N-dealkylation sites (N-methyl/N-ethyl adjacent to an activating group) is 1. The van der Waals surface area contributed by atoms with Gasteiger partial charge in [0.2, 0.25) is 0 Å².